The second-order valence-electron chi connectivity index (χ2n) is 4.28. The average Bonchev–Trinajstić information content (AvgIpc) is 2.95. The van der Waals surface area contributed by atoms with Crippen molar-refractivity contribution in [3.63, 3.8) is 0 Å². The first-order valence-electron chi connectivity index (χ1n) is 5.85. The van der Waals surface area contributed by atoms with Crippen molar-refractivity contribution in [2.75, 3.05) is 19.8 Å². The SMILES string of the molecule is O=C(O)c1sccc1CNCCC1CCOC1. The maximum atomic E-state index is 10.9. The smallest absolute Gasteiger partial charge is 0.346 e. The van der Waals surface area contributed by atoms with Crippen molar-refractivity contribution in [3.8, 4) is 0 Å². The monoisotopic (exact) mass is 255 g/mol. The van der Waals surface area contributed by atoms with Crippen LogP contribution in [0.1, 0.15) is 28.1 Å². The molecule has 17 heavy (non-hydrogen) atoms. The molecule has 1 aromatic heterocycles. The molecule has 0 aromatic carbocycles. The summed E-state index contributed by atoms with van der Waals surface area (Å²) in [6.07, 6.45) is 2.26. The Balaban J connectivity index is 1.70. The van der Waals surface area contributed by atoms with E-state index in [1.165, 1.54) is 11.3 Å². The molecular formula is C12H17NO3S. The van der Waals surface area contributed by atoms with Gasteiger partial charge in [0.05, 0.1) is 0 Å². The topological polar surface area (TPSA) is 58.6 Å². The number of hydrogen-bond acceptors (Lipinski definition) is 4. The van der Waals surface area contributed by atoms with E-state index in [1.54, 1.807) is 0 Å². The molecule has 0 saturated carbocycles. The summed E-state index contributed by atoms with van der Waals surface area (Å²) in [6.45, 7) is 3.32. The largest absolute Gasteiger partial charge is 0.477 e. The number of aromatic carboxylic acids is 1. The first-order chi connectivity index (χ1) is 8.27. The molecule has 1 unspecified atom stereocenters. The van der Waals surface area contributed by atoms with Crippen molar-refractivity contribution in [2.24, 2.45) is 5.92 Å². The van der Waals surface area contributed by atoms with Gasteiger partial charge in [0.25, 0.3) is 0 Å². The molecule has 5 heteroatoms. The van der Waals surface area contributed by atoms with Crippen LogP contribution in [0.4, 0.5) is 0 Å². The summed E-state index contributed by atoms with van der Waals surface area (Å²) >= 11 is 1.28. The van der Waals surface area contributed by atoms with Crippen molar-refractivity contribution in [2.45, 2.75) is 19.4 Å². The number of nitrogens with one attached hydrogen (secondary N) is 1. The standard InChI is InChI=1S/C12H17NO3S/c14-12(15)11-10(3-6-17-11)7-13-4-1-9-2-5-16-8-9/h3,6,9,13H,1-2,4-5,7-8H2,(H,14,15). The fourth-order valence-electron chi connectivity index (χ4n) is 2.00. The summed E-state index contributed by atoms with van der Waals surface area (Å²) < 4.78 is 5.31. The van der Waals surface area contributed by atoms with Crippen molar-refractivity contribution >= 4 is 17.3 Å². The van der Waals surface area contributed by atoms with Crippen LogP contribution in [0.3, 0.4) is 0 Å². The first-order valence-corrected chi connectivity index (χ1v) is 6.73. The van der Waals surface area contributed by atoms with Crippen molar-refractivity contribution in [3.05, 3.63) is 21.9 Å². The maximum Gasteiger partial charge on any atom is 0.346 e. The summed E-state index contributed by atoms with van der Waals surface area (Å²) in [5, 5.41) is 14.1. The number of ether oxygens (including phenoxy) is 1. The number of thiophene rings is 1. The molecule has 0 bridgehead atoms. The van der Waals surface area contributed by atoms with E-state index in [0.29, 0.717) is 17.3 Å². The minimum atomic E-state index is -0.832. The van der Waals surface area contributed by atoms with E-state index >= 15 is 0 Å². The Kier molecular flexibility index (Phi) is 4.53. The third-order valence-corrected chi connectivity index (χ3v) is 3.95. The normalized spacial score (nSPS) is 19.6. The summed E-state index contributed by atoms with van der Waals surface area (Å²) in [7, 11) is 0. The van der Waals surface area contributed by atoms with Gasteiger partial charge in [0.2, 0.25) is 0 Å². The van der Waals surface area contributed by atoms with Gasteiger partial charge in [0, 0.05) is 19.8 Å². The highest BCUT2D eigenvalue weighted by molar-refractivity contribution is 7.12. The molecule has 1 aromatic rings. The van der Waals surface area contributed by atoms with Gasteiger partial charge >= 0.3 is 5.97 Å². The Morgan fingerprint density at radius 1 is 1.65 bits per heavy atom. The second-order valence-corrected chi connectivity index (χ2v) is 5.19. The Hall–Kier alpha value is -0.910. The molecule has 2 rings (SSSR count). The summed E-state index contributed by atoms with van der Waals surface area (Å²) in [5.41, 5.74) is 0.880. The van der Waals surface area contributed by atoms with Crippen molar-refractivity contribution in [1.82, 2.24) is 5.32 Å². The molecule has 1 saturated heterocycles. The number of carboxylic acid groups (broad SMARTS) is 1. The third-order valence-electron chi connectivity index (χ3n) is 3.01. The van der Waals surface area contributed by atoms with Gasteiger partial charge in [-0.2, -0.15) is 0 Å². The van der Waals surface area contributed by atoms with Crippen LogP contribution in [0.2, 0.25) is 0 Å². The van der Waals surface area contributed by atoms with Crippen LogP contribution in [0.5, 0.6) is 0 Å². The maximum absolute atomic E-state index is 10.9. The number of carboxylic acids is 1. The van der Waals surface area contributed by atoms with Crippen LogP contribution < -0.4 is 5.32 Å². The Bertz CT molecular complexity index is 372. The third kappa shape index (κ3) is 3.52. The highest BCUT2D eigenvalue weighted by Crippen LogP contribution is 2.17. The molecule has 0 aliphatic carbocycles. The summed E-state index contributed by atoms with van der Waals surface area (Å²) in [6, 6.07) is 1.87. The number of carbonyl (C=O) groups is 1. The van der Waals surface area contributed by atoms with E-state index in [1.807, 2.05) is 11.4 Å². The van der Waals surface area contributed by atoms with E-state index in [4.69, 9.17) is 9.84 Å². The van der Waals surface area contributed by atoms with Crippen molar-refractivity contribution < 1.29 is 14.6 Å². The summed E-state index contributed by atoms with van der Waals surface area (Å²) in [5.74, 6) is -0.162. The predicted octanol–water partition coefficient (Wildman–Crippen LogP) is 1.96. The lowest BCUT2D eigenvalue weighted by molar-refractivity contribution is 0.0701. The molecule has 1 aliphatic rings. The van der Waals surface area contributed by atoms with Crippen LogP contribution >= 0.6 is 11.3 Å². The lowest BCUT2D eigenvalue weighted by Crippen LogP contribution is -2.18. The van der Waals surface area contributed by atoms with Gasteiger partial charge in [0.15, 0.2) is 0 Å². The molecule has 1 fully saturated rings. The van der Waals surface area contributed by atoms with E-state index < -0.39 is 5.97 Å². The highest BCUT2D eigenvalue weighted by atomic mass is 32.1. The van der Waals surface area contributed by atoms with E-state index in [0.717, 1.165) is 38.2 Å². The van der Waals surface area contributed by atoms with Crippen LogP contribution in [0, 0.1) is 5.92 Å². The molecule has 0 radical (unpaired) electrons. The van der Waals surface area contributed by atoms with Gasteiger partial charge in [-0.25, -0.2) is 4.79 Å². The van der Waals surface area contributed by atoms with Gasteiger partial charge in [-0.05, 0) is 42.3 Å². The minimum absolute atomic E-state index is 0.446. The van der Waals surface area contributed by atoms with Crippen LogP contribution in [-0.2, 0) is 11.3 Å². The van der Waals surface area contributed by atoms with Gasteiger partial charge in [-0.15, -0.1) is 11.3 Å². The molecule has 1 atom stereocenters. The molecule has 2 heterocycles. The Morgan fingerprint density at radius 3 is 3.24 bits per heavy atom. The fraction of sp³-hybridized carbons (Fsp3) is 0.583. The first kappa shape index (κ1) is 12.5. The van der Waals surface area contributed by atoms with E-state index in [-0.39, 0.29) is 0 Å². The lowest BCUT2D eigenvalue weighted by atomic mass is 10.1. The van der Waals surface area contributed by atoms with E-state index in [2.05, 4.69) is 5.32 Å². The zero-order chi connectivity index (χ0) is 12.1. The van der Waals surface area contributed by atoms with Gasteiger partial charge in [-0.3, -0.25) is 0 Å². The van der Waals surface area contributed by atoms with Crippen LogP contribution in [-0.4, -0.2) is 30.8 Å². The van der Waals surface area contributed by atoms with Gasteiger partial charge < -0.3 is 15.2 Å². The highest BCUT2D eigenvalue weighted by Gasteiger charge is 2.15. The average molecular weight is 255 g/mol. The molecule has 0 spiro atoms. The quantitative estimate of drug-likeness (QED) is 0.763. The minimum Gasteiger partial charge on any atom is -0.477 e. The Morgan fingerprint density at radius 2 is 2.53 bits per heavy atom. The van der Waals surface area contributed by atoms with Gasteiger partial charge in [0.1, 0.15) is 4.88 Å². The van der Waals surface area contributed by atoms with E-state index in [9.17, 15) is 4.79 Å². The second kappa shape index (κ2) is 6.14. The van der Waals surface area contributed by atoms with Crippen molar-refractivity contribution in [1.29, 1.82) is 0 Å². The van der Waals surface area contributed by atoms with Crippen LogP contribution in [0.25, 0.3) is 0 Å². The van der Waals surface area contributed by atoms with Gasteiger partial charge in [-0.1, -0.05) is 0 Å². The molecule has 4 nitrogen and oxygen atoms in total. The number of hydrogen-bond donors (Lipinski definition) is 2. The lowest BCUT2D eigenvalue weighted by Gasteiger charge is -2.08. The number of rotatable bonds is 6. The molecule has 2 N–H and O–H groups in total. The fourth-order valence-corrected chi connectivity index (χ4v) is 2.76. The zero-order valence-electron chi connectivity index (χ0n) is 9.65. The van der Waals surface area contributed by atoms with Crippen LogP contribution in [0.15, 0.2) is 11.4 Å². The zero-order valence-corrected chi connectivity index (χ0v) is 10.5. The Labute approximate surface area is 105 Å². The molecular weight excluding hydrogens is 238 g/mol. The molecule has 94 valence electrons. The predicted molar refractivity (Wildman–Crippen MR) is 66.5 cm³/mol. The molecule has 0 amide bonds. The molecule has 1 aliphatic heterocycles. The summed E-state index contributed by atoms with van der Waals surface area (Å²) in [4.78, 5) is 11.3.